The van der Waals surface area contributed by atoms with Crippen molar-refractivity contribution in [1.82, 2.24) is 5.32 Å². The number of amides is 2. The van der Waals surface area contributed by atoms with Gasteiger partial charge in [0, 0.05) is 19.2 Å². The van der Waals surface area contributed by atoms with Crippen LogP contribution in [0.3, 0.4) is 0 Å². The Kier molecular flexibility index (Phi) is 7.35. The molecule has 150 valence electrons. The summed E-state index contributed by atoms with van der Waals surface area (Å²) in [5.74, 6) is -2.03. The number of nitrogens with one attached hydrogen (secondary N) is 3. The van der Waals surface area contributed by atoms with Crippen LogP contribution in [0.25, 0.3) is 0 Å². The maximum absolute atomic E-state index is 12.6. The molecule has 0 unspecified atom stereocenters. The van der Waals surface area contributed by atoms with Gasteiger partial charge in [0.05, 0.1) is 22.9 Å². The van der Waals surface area contributed by atoms with Gasteiger partial charge in [0.2, 0.25) is 15.9 Å². The third-order valence-corrected chi connectivity index (χ3v) is 4.87. The lowest BCUT2D eigenvalue weighted by atomic mass is 9.82. The molecule has 0 aliphatic carbocycles. The molecule has 27 heavy (non-hydrogen) atoms. The Bertz CT molecular complexity index is 831. The molecular formula is C17H25N3O6S. The van der Waals surface area contributed by atoms with Crippen LogP contribution in [0.4, 0.5) is 11.4 Å². The Morgan fingerprint density at radius 3 is 2.19 bits per heavy atom. The van der Waals surface area contributed by atoms with E-state index in [4.69, 9.17) is 0 Å². The highest BCUT2D eigenvalue weighted by atomic mass is 32.2. The number of hydrogen-bond acceptors (Lipinski definition) is 5. The van der Waals surface area contributed by atoms with Crippen LogP contribution in [0, 0.1) is 5.41 Å². The summed E-state index contributed by atoms with van der Waals surface area (Å²) in [6.07, 6.45) is 1.58. The molecule has 10 heteroatoms. The van der Waals surface area contributed by atoms with E-state index in [-0.39, 0.29) is 23.7 Å². The van der Waals surface area contributed by atoms with Crippen LogP contribution in [0.1, 0.15) is 44.0 Å². The first-order valence-electron chi connectivity index (χ1n) is 8.35. The summed E-state index contributed by atoms with van der Waals surface area (Å²) in [4.78, 5) is 35.4. The van der Waals surface area contributed by atoms with Crippen molar-refractivity contribution in [3.05, 3.63) is 23.8 Å². The minimum atomic E-state index is -3.65. The Hall–Kier alpha value is -2.62. The SMILES string of the molecule is CCC(CC)(CNC(=O)c1cc(NC(C)=O)ccc1NS(C)(=O)=O)C(=O)O. The number of aliphatic carboxylic acids is 1. The van der Waals surface area contributed by atoms with Crippen molar-refractivity contribution in [3.8, 4) is 0 Å². The fourth-order valence-corrected chi connectivity index (χ4v) is 3.10. The third kappa shape index (κ3) is 6.24. The van der Waals surface area contributed by atoms with Crippen LogP contribution in [0.15, 0.2) is 18.2 Å². The number of carbonyl (C=O) groups is 3. The van der Waals surface area contributed by atoms with Crippen LogP contribution >= 0.6 is 0 Å². The van der Waals surface area contributed by atoms with E-state index in [2.05, 4.69) is 15.4 Å². The minimum absolute atomic E-state index is 0.0259. The zero-order valence-corrected chi connectivity index (χ0v) is 16.6. The van der Waals surface area contributed by atoms with Crippen molar-refractivity contribution in [1.29, 1.82) is 0 Å². The molecule has 1 rings (SSSR count). The van der Waals surface area contributed by atoms with E-state index < -0.39 is 27.3 Å². The van der Waals surface area contributed by atoms with Gasteiger partial charge in [-0.3, -0.25) is 19.1 Å². The van der Waals surface area contributed by atoms with E-state index >= 15 is 0 Å². The highest BCUT2D eigenvalue weighted by Gasteiger charge is 2.35. The first kappa shape index (κ1) is 22.4. The van der Waals surface area contributed by atoms with E-state index in [0.29, 0.717) is 18.5 Å². The molecule has 4 N–H and O–H groups in total. The van der Waals surface area contributed by atoms with Crippen molar-refractivity contribution >= 4 is 39.2 Å². The molecule has 0 saturated heterocycles. The number of carboxylic acids is 1. The van der Waals surface area contributed by atoms with Crippen molar-refractivity contribution in [2.24, 2.45) is 5.41 Å². The van der Waals surface area contributed by atoms with E-state index in [1.807, 2.05) is 0 Å². The Morgan fingerprint density at radius 1 is 1.15 bits per heavy atom. The molecule has 0 spiro atoms. The molecule has 0 heterocycles. The van der Waals surface area contributed by atoms with Crippen molar-refractivity contribution < 1.29 is 27.9 Å². The summed E-state index contributed by atoms with van der Waals surface area (Å²) in [7, 11) is -3.65. The quantitative estimate of drug-likeness (QED) is 0.497. The van der Waals surface area contributed by atoms with Gasteiger partial charge in [-0.2, -0.15) is 0 Å². The first-order chi connectivity index (χ1) is 12.4. The van der Waals surface area contributed by atoms with Gasteiger partial charge in [0.15, 0.2) is 0 Å². The van der Waals surface area contributed by atoms with E-state index in [1.165, 1.54) is 25.1 Å². The standard InChI is InChI=1S/C17H25N3O6S/c1-5-17(6-2,16(23)24)10-18-15(22)13-9-12(19-11(3)21)7-8-14(13)20-27(4,25)26/h7-9,20H,5-6,10H2,1-4H3,(H,18,22)(H,19,21)(H,23,24). The van der Waals surface area contributed by atoms with Crippen LogP contribution in [-0.4, -0.2) is 44.1 Å². The Morgan fingerprint density at radius 2 is 1.74 bits per heavy atom. The Labute approximate surface area is 158 Å². The van der Waals surface area contributed by atoms with Gasteiger partial charge in [-0.1, -0.05) is 13.8 Å². The molecule has 9 nitrogen and oxygen atoms in total. The Balaban J connectivity index is 3.20. The molecule has 0 bridgehead atoms. The third-order valence-electron chi connectivity index (χ3n) is 4.27. The first-order valence-corrected chi connectivity index (χ1v) is 10.2. The normalized spacial score (nSPS) is 11.6. The molecular weight excluding hydrogens is 374 g/mol. The molecule has 0 aliphatic rings. The van der Waals surface area contributed by atoms with Crippen LogP contribution in [-0.2, 0) is 19.6 Å². The summed E-state index contributed by atoms with van der Waals surface area (Å²) in [6.45, 7) is 4.62. The van der Waals surface area contributed by atoms with Gasteiger partial charge in [0.25, 0.3) is 5.91 Å². The minimum Gasteiger partial charge on any atom is -0.481 e. The fourth-order valence-electron chi connectivity index (χ4n) is 2.52. The fraction of sp³-hybridized carbons (Fsp3) is 0.471. The lowest BCUT2D eigenvalue weighted by Crippen LogP contribution is -2.42. The molecule has 0 aliphatic heterocycles. The average molecular weight is 399 g/mol. The van der Waals surface area contributed by atoms with Gasteiger partial charge < -0.3 is 15.7 Å². The predicted octanol–water partition coefficient (Wildman–Crippen LogP) is 1.64. The van der Waals surface area contributed by atoms with E-state index in [1.54, 1.807) is 13.8 Å². The number of benzene rings is 1. The summed E-state index contributed by atoms with van der Waals surface area (Å²) in [5, 5.41) is 14.5. The molecule has 0 radical (unpaired) electrons. The van der Waals surface area contributed by atoms with Crippen molar-refractivity contribution in [3.63, 3.8) is 0 Å². The number of anilines is 2. The monoisotopic (exact) mass is 399 g/mol. The molecule has 0 fully saturated rings. The number of carbonyl (C=O) groups excluding carboxylic acids is 2. The molecule has 1 aromatic carbocycles. The maximum atomic E-state index is 12.6. The smallest absolute Gasteiger partial charge is 0.311 e. The number of sulfonamides is 1. The molecule has 0 atom stereocenters. The summed E-state index contributed by atoms with van der Waals surface area (Å²) in [6, 6.07) is 4.13. The molecule has 0 aromatic heterocycles. The van der Waals surface area contributed by atoms with E-state index in [9.17, 15) is 27.9 Å². The second-order valence-corrected chi connectivity index (χ2v) is 8.04. The summed E-state index contributed by atoms with van der Waals surface area (Å²) < 4.78 is 25.3. The number of carboxylic acid groups (broad SMARTS) is 1. The largest absolute Gasteiger partial charge is 0.481 e. The lowest BCUT2D eigenvalue weighted by molar-refractivity contribution is -0.149. The zero-order chi connectivity index (χ0) is 20.8. The number of hydrogen-bond donors (Lipinski definition) is 4. The molecule has 2 amide bonds. The maximum Gasteiger partial charge on any atom is 0.311 e. The highest BCUT2D eigenvalue weighted by Crippen LogP contribution is 2.27. The van der Waals surface area contributed by atoms with Gasteiger partial charge in [-0.15, -0.1) is 0 Å². The molecule has 0 saturated carbocycles. The van der Waals surface area contributed by atoms with Crippen LogP contribution < -0.4 is 15.4 Å². The molecule has 1 aromatic rings. The second-order valence-electron chi connectivity index (χ2n) is 6.29. The van der Waals surface area contributed by atoms with Gasteiger partial charge >= 0.3 is 5.97 Å². The highest BCUT2D eigenvalue weighted by molar-refractivity contribution is 7.92. The van der Waals surface area contributed by atoms with Crippen molar-refractivity contribution in [2.75, 3.05) is 22.8 Å². The van der Waals surface area contributed by atoms with E-state index in [0.717, 1.165) is 6.26 Å². The van der Waals surface area contributed by atoms with Gasteiger partial charge in [0.1, 0.15) is 0 Å². The summed E-state index contributed by atoms with van der Waals surface area (Å²) >= 11 is 0. The van der Waals surface area contributed by atoms with Crippen LogP contribution in [0.5, 0.6) is 0 Å². The summed E-state index contributed by atoms with van der Waals surface area (Å²) in [5.41, 5.74) is -0.812. The van der Waals surface area contributed by atoms with Gasteiger partial charge in [-0.05, 0) is 31.0 Å². The second kappa shape index (κ2) is 8.85. The van der Waals surface area contributed by atoms with Gasteiger partial charge in [-0.25, -0.2) is 8.42 Å². The zero-order valence-electron chi connectivity index (χ0n) is 15.8. The van der Waals surface area contributed by atoms with Crippen LogP contribution in [0.2, 0.25) is 0 Å². The topological polar surface area (TPSA) is 142 Å². The number of rotatable bonds is 9. The average Bonchev–Trinajstić information content (AvgIpc) is 2.55. The lowest BCUT2D eigenvalue weighted by Gasteiger charge is -2.27. The predicted molar refractivity (Wildman–Crippen MR) is 102 cm³/mol. The van der Waals surface area contributed by atoms with Crippen molar-refractivity contribution in [2.45, 2.75) is 33.6 Å².